The van der Waals surface area contributed by atoms with E-state index in [2.05, 4.69) is 26.5 Å². The second kappa shape index (κ2) is 10.4. The van der Waals surface area contributed by atoms with Gasteiger partial charge >= 0.3 is 5.97 Å². The molecule has 6 nitrogen and oxygen atoms in total. The monoisotopic (exact) mass is 520 g/mol. The standard InChI is InChI=1S/C22H15BrCl2N2O4/c1-30-17-6-2-13(3-7-17)22(29)31-20-9-4-15(23)10-14(20)12-26-27-21(28)18-8-5-16(24)11-19(18)25/h2-12H,1H3,(H,27,28)/b26-12-. The molecule has 0 aliphatic heterocycles. The van der Waals surface area contributed by atoms with Crippen molar-refractivity contribution in [3.63, 3.8) is 0 Å². The first kappa shape index (κ1) is 22.8. The van der Waals surface area contributed by atoms with Gasteiger partial charge in [0.2, 0.25) is 0 Å². The van der Waals surface area contributed by atoms with E-state index in [1.165, 1.54) is 18.3 Å². The van der Waals surface area contributed by atoms with Crippen LogP contribution in [0.15, 0.2) is 70.2 Å². The maximum atomic E-state index is 12.5. The molecule has 1 amide bonds. The zero-order chi connectivity index (χ0) is 22.4. The number of methoxy groups -OCH3 is 1. The van der Waals surface area contributed by atoms with Gasteiger partial charge in [-0.3, -0.25) is 4.79 Å². The van der Waals surface area contributed by atoms with Crippen molar-refractivity contribution >= 4 is 57.2 Å². The summed E-state index contributed by atoms with van der Waals surface area (Å²) in [6, 6.07) is 16.1. The molecule has 0 saturated heterocycles. The van der Waals surface area contributed by atoms with Crippen LogP contribution in [0.4, 0.5) is 0 Å². The minimum Gasteiger partial charge on any atom is -0.497 e. The van der Waals surface area contributed by atoms with Crippen LogP contribution in [0.5, 0.6) is 11.5 Å². The van der Waals surface area contributed by atoms with Crippen molar-refractivity contribution in [2.75, 3.05) is 7.11 Å². The first-order chi connectivity index (χ1) is 14.9. The maximum absolute atomic E-state index is 12.5. The number of benzene rings is 3. The number of halogens is 3. The molecule has 0 heterocycles. The maximum Gasteiger partial charge on any atom is 0.343 e. The smallest absolute Gasteiger partial charge is 0.343 e. The lowest BCUT2D eigenvalue weighted by atomic mass is 10.2. The van der Waals surface area contributed by atoms with Gasteiger partial charge in [-0.05, 0) is 60.7 Å². The fraction of sp³-hybridized carbons (Fsp3) is 0.0455. The lowest BCUT2D eigenvalue weighted by Gasteiger charge is -2.09. The molecule has 0 aromatic heterocycles. The van der Waals surface area contributed by atoms with Crippen LogP contribution in [-0.2, 0) is 0 Å². The van der Waals surface area contributed by atoms with Gasteiger partial charge in [-0.1, -0.05) is 39.1 Å². The van der Waals surface area contributed by atoms with Gasteiger partial charge in [0.15, 0.2) is 0 Å². The predicted octanol–water partition coefficient (Wildman–Crippen LogP) is 5.75. The molecule has 0 bridgehead atoms. The van der Waals surface area contributed by atoms with Crippen LogP contribution in [0.2, 0.25) is 10.0 Å². The highest BCUT2D eigenvalue weighted by Gasteiger charge is 2.13. The third-order valence-corrected chi connectivity index (χ3v) is 5.09. The summed E-state index contributed by atoms with van der Waals surface area (Å²) in [6.45, 7) is 0. The number of esters is 1. The van der Waals surface area contributed by atoms with Gasteiger partial charge in [-0.2, -0.15) is 5.10 Å². The lowest BCUT2D eigenvalue weighted by Crippen LogP contribution is -2.18. The summed E-state index contributed by atoms with van der Waals surface area (Å²) in [5.74, 6) is -0.155. The fourth-order valence-corrected chi connectivity index (χ4v) is 3.37. The molecule has 3 aromatic carbocycles. The zero-order valence-electron chi connectivity index (χ0n) is 16.1. The Morgan fingerprint density at radius 2 is 1.77 bits per heavy atom. The van der Waals surface area contributed by atoms with E-state index in [-0.39, 0.29) is 16.3 Å². The van der Waals surface area contributed by atoms with Gasteiger partial charge in [0.1, 0.15) is 11.5 Å². The molecule has 1 N–H and O–H groups in total. The average Bonchev–Trinajstić information content (AvgIpc) is 2.75. The Labute approximate surface area is 196 Å². The molecule has 9 heteroatoms. The van der Waals surface area contributed by atoms with Crippen molar-refractivity contribution in [1.82, 2.24) is 5.43 Å². The van der Waals surface area contributed by atoms with Gasteiger partial charge in [-0.25, -0.2) is 10.2 Å². The largest absolute Gasteiger partial charge is 0.497 e. The van der Waals surface area contributed by atoms with Crippen molar-refractivity contribution in [1.29, 1.82) is 0 Å². The van der Waals surface area contributed by atoms with Crippen LogP contribution >= 0.6 is 39.1 Å². The van der Waals surface area contributed by atoms with Crippen molar-refractivity contribution in [3.05, 3.63) is 91.9 Å². The van der Waals surface area contributed by atoms with Crippen LogP contribution in [0.1, 0.15) is 26.3 Å². The molecule has 0 radical (unpaired) electrons. The molecule has 0 saturated carbocycles. The summed E-state index contributed by atoms with van der Waals surface area (Å²) in [6.07, 6.45) is 1.36. The number of nitrogens with zero attached hydrogens (tertiary/aromatic N) is 1. The van der Waals surface area contributed by atoms with Crippen molar-refractivity contribution < 1.29 is 19.1 Å². The highest BCUT2D eigenvalue weighted by atomic mass is 79.9. The number of hydrogen-bond donors (Lipinski definition) is 1. The number of carbonyl (C=O) groups excluding carboxylic acids is 2. The van der Waals surface area contributed by atoms with Crippen LogP contribution in [0, 0.1) is 0 Å². The summed E-state index contributed by atoms with van der Waals surface area (Å²) in [5.41, 5.74) is 3.44. The lowest BCUT2D eigenvalue weighted by molar-refractivity contribution is 0.0734. The Bertz CT molecular complexity index is 1150. The summed E-state index contributed by atoms with van der Waals surface area (Å²) < 4.78 is 11.3. The van der Waals surface area contributed by atoms with E-state index in [0.717, 1.165) is 4.47 Å². The first-order valence-corrected chi connectivity index (χ1v) is 10.4. The zero-order valence-corrected chi connectivity index (χ0v) is 19.2. The van der Waals surface area contributed by atoms with Crippen LogP contribution in [0.25, 0.3) is 0 Å². The summed E-state index contributed by atoms with van der Waals surface area (Å²) in [4.78, 5) is 24.7. The number of ether oxygens (including phenoxy) is 2. The summed E-state index contributed by atoms with van der Waals surface area (Å²) in [5, 5.41) is 4.57. The minimum atomic E-state index is -0.545. The second-order valence-electron chi connectivity index (χ2n) is 6.12. The molecule has 3 rings (SSSR count). The second-order valence-corrected chi connectivity index (χ2v) is 7.88. The van der Waals surface area contributed by atoms with Crippen molar-refractivity contribution in [3.8, 4) is 11.5 Å². The Morgan fingerprint density at radius 1 is 1.03 bits per heavy atom. The average molecular weight is 522 g/mol. The van der Waals surface area contributed by atoms with Gasteiger partial charge in [0, 0.05) is 15.1 Å². The Balaban J connectivity index is 1.74. The molecule has 0 atom stereocenters. The number of carbonyl (C=O) groups is 2. The third kappa shape index (κ3) is 6.07. The highest BCUT2D eigenvalue weighted by Crippen LogP contribution is 2.24. The van der Waals surface area contributed by atoms with E-state index in [0.29, 0.717) is 21.9 Å². The van der Waals surface area contributed by atoms with E-state index in [9.17, 15) is 9.59 Å². The van der Waals surface area contributed by atoms with Gasteiger partial charge in [0.25, 0.3) is 5.91 Å². The van der Waals surface area contributed by atoms with Crippen molar-refractivity contribution in [2.24, 2.45) is 5.10 Å². The van der Waals surface area contributed by atoms with E-state index in [1.807, 2.05) is 0 Å². The van der Waals surface area contributed by atoms with E-state index >= 15 is 0 Å². The quantitative estimate of drug-likeness (QED) is 0.194. The molecular weight excluding hydrogens is 507 g/mol. The molecule has 0 unspecified atom stereocenters. The number of hydrogen-bond acceptors (Lipinski definition) is 5. The minimum absolute atomic E-state index is 0.205. The normalized spacial score (nSPS) is 10.7. The first-order valence-electron chi connectivity index (χ1n) is 8.81. The number of hydrazone groups is 1. The van der Waals surface area contributed by atoms with E-state index in [1.54, 1.807) is 55.6 Å². The molecule has 0 spiro atoms. The van der Waals surface area contributed by atoms with E-state index in [4.69, 9.17) is 32.7 Å². The molecular formula is C22H15BrCl2N2O4. The Hall–Kier alpha value is -2.87. The molecule has 31 heavy (non-hydrogen) atoms. The third-order valence-electron chi connectivity index (χ3n) is 4.05. The van der Waals surface area contributed by atoms with Gasteiger partial charge < -0.3 is 9.47 Å². The van der Waals surface area contributed by atoms with Crippen LogP contribution in [-0.4, -0.2) is 25.2 Å². The molecule has 3 aromatic rings. The van der Waals surface area contributed by atoms with E-state index < -0.39 is 11.9 Å². The molecule has 158 valence electrons. The SMILES string of the molecule is COc1ccc(C(=O)Oc2ccc(Br)cc2/C=N\NC(=O)c2ccc(Cl)cc2Cl)cc1. The summed E-state index contributed by atoms with van der Waals surface area (Å²) >= 11 is 15.2. The molecule has 0 aliphatic carbocycles. The molecule has 0 fully saturated rings. The number of rotatable bonds is 6. The van der Waals surface area contributed by atoms with Crippen LogP contribution in [0.3, 0.4) is 0 Å². The van der Waals surface area contributed by atoms with Gasteiger partial charge in [0.05, 0.1) is 29.5 Å². The number of nitrogens with one attached hydrogen (secondary N) is 1. The fourth-order valence-electron chi connectivity index (χ4n) is 2.49. The topological polar surface area (TPSA) is 77.0 Å². The Morgan fingerprint density at radius 3 is 2.45 bits per heavy atom. The molecule has 0 aliphatic rings. The van der Waals surface area contributed by atoms with Crippen molar-refractivity contribution in [2.45, 2.75) is 0 Å². The van der Waals surface area contributed by atoms with Crippen LogP contribution < -0.4 is 14.9 Å². The summed E-state index contributed by atoms with van der Waals surface area (Å²) in [7, 11) is 1.54. The number of amides is 1. The Kier molecular flexibility index (Phi) is 7.68. The highest BCUT2D eigenvalue weighted by molar-refractivity contribution is 9.10. The van der Waals surface area contributed by atoms with Gasteiger partial charge in [-0.15, -0.1) is 0 Å². The predicted molar refractivity (Wildman–Crippen MR) is 124 cm³/mol.